The highest BCUT2D eigenvalue weighted by molar-refractivity contribution is 7.97. The zero-order valence-corrected chi connectivity index (χ0v) is 6.24. The van der Waals surface area contributed by atoms with Crippen molar-refractivity contribution in [2.45, 2.75) is 5.75 Å². The van der Waals surface area contributed by atoms with Crippen molar-refractivity contribution in [1.29, 1.82) is 0 Å². The van der Waals surface area contributed by atoms with Crippen LogP contribution in [0.1, 0.15) is 5.56 Å². The van der Waals surface area contributed by atoms with Gasteiger partial charge >= 0.3 is 0 Å². The van der Waals surface area contributed by atoms with Gasteiger partial charge in [0.15, 0.2) is 0 Å². The van der Waals surface area contributed by atoms with Crippen LogP contribution in [0.15, 0.2) is 24.3 Å². The first-order valence-corrected chi connectivity index (χ1v) is 4.27. The van der Waals surface area contributed by atoms with E-state index in [4.69, 9.17) is 0 Å². The molecule has 0 nitrogen and oxygen atoms in total. The first kappa shape index (κ1) is 6.69. The Kier molecular flexibility index (Phi) is 2.65. The summed E-state index contributed by atoms with van der Waals surface area (Å²) >= 11 is 1.84. The van der Waals surface area contributed by atoms with Gasteiger partial charge in [0.25, 0.3) is 0 Å². The fourth-order valence-corrected chi connectivity index (χ4v) is 1.21. The number of hydrogen-bond donors (Lipinski definition) is 0. The molecule has 0 N–H and O–H groups in total. The molecule has 1 radical (unpaired) electrons. The van der Waals surface area contributed by atoms with Crippen molar-refractivity contribution in [3.05, 3.63) is 35.9 Å². The number of thioether (sulfide) groups is 1. The molecule has 0 saturated carbocycles. The predicted octanol–water partition coefficient (Wildman–Crippen LogP) is 2.35. The van der Waals surface area contributed by atoms with Crippen LogP contribution in [0.3, 0.4) is 0 Å². The minimum Gasteiger partial charge on any atom is -0.161 e. The Bertz CT molecular complexity index is 157. The minimum atomic E-state index is 1.11. The summed E-state index contributed by atoms with van der Waals surface area (Å²) in [7, 11) is 0. The van der Waals surface area contributed by atoms with Gasteiger partial charge in [-0.25, -0.2) is 0 Å². The normalized spacial score (nSPS) is 9.44. The third kappa shape index (κ3) is 2.10. The van der Waals surface area contributed by atoms with Gasteiger partial charge in [-0.05, 0) is 17.9 Å². The Balaban J connectivity index is 2.61. The van der Waals surface area contributed by atoms with Crippen molar-refractivity contribution in [2.24, 2.45) is 0 Å². The summed E-state index contributed by atoms with van der Waals surface area (Å²) in [5.41, 5.74) is 1.38. The van der Waals surface area contributed by atoms with Gasteiger partial charge in [-0.15, -0.1) is 0 Å². The van der Waals surface area contributed by atoms with Gasteiger partial charge in [-0.3, -0.25) is 0 Å². The van der Waals surface area contributed by atoms with E-state index in [1.54, 1.807) is 0 Å². The Labute approximate surface area is 60.3 Å². The Hall–Kier alpha value is -0.430. The van der Waals surface area contributed by atoms with E-state index in [0.29, 0.717) is 0 Å². The van der Waals surface area contributed by atoms with Crippen LogP contribution in [0.25, 0.3) is 0 Å². The first-order valence-electron chi connectivity index (χ1n) is 2.87. The molecule has 1 rings (SSSR count). The lowest BCUT2D eigenvalue weighted by Crippen LogP contribution is -1.75. The van der Waals surface area contributed by atoms with Crippen LogP contribution in [0.2, 0.25) is 0 Å². The second kappa shape index (κ2) is 3.57. The van der Waals surface area contributed by atoms with Crippen molar-refractivity contribution >= 4 is 11.8 Å². The molecule has 0 atom stereocenters. The molecule has 9 heavy (non-hydrogen) atoms. The zero-order valence-electron chi connectivity index (χ0n) is 5.42. The lowest BCUT2D eigenvalue weighted by atomic mass is 10.2. The standard InChI is InChI=1S/C8H9S/c1-9-7-8-5-3-2-4-6-8/h3-6H,7H2,1H3. The van der Waals surface area contributed by atoms with Gasteiger partial charge in [-0.1, -0.05) is 24.3 Å². The van der Waals surface area contributed by atoms with Gasteiger partial charge < -0.3 is 0 Å². The average Bonchev–Trinajstić information content (AvgIpc) is 1.91. The van der Waals surface area contributed by atoms with Gasteiger partial charge in [0.2, 0.25) is 0 Å². The first-order chi connectivity index (χ1) is 4.43. The fourth-order valence-electron chi connectivity index (χ4n) is 0.684. The summed E-state index contributed by atoms with van der Waals surface area (Å²) in [6, 6.07) is 11.1. The third-order valence-electron chi connectivity index (χ3n) is 1.10. The minimum absolute atomic E-state index is 1.11. The Morgan fingerprint density at radius 3 is 2.67 bits per heavy atom. The van der Waals surface area contributed by atoms with E-state index in [2.05, 4.69) is 24.5 Å². The van der Waals surface area contributed by atoms with Crippen LogP contribution in [0, 0.1) is 6.07 Å². The van der Waals surface area contributed by atoms with E-state index in [-0.39, 0.29) is 0 Å². The molecule has 1 aromatic carbocycles. The summed E-state index contributed by atoms with van der Waals surface area (Å²) in [4.78, 5) is 0. The lowest BCUT2D eigenvalue weighted by molar-refractivity contribution is 1.42. The van der Waals surface area contributed by atoms with Gasteiger partial charge in [0.1, 0.15) is 0 Å². The summed E-state index contributed by atoms with van der Waals surface area (Å²) < 4.78 is 0. The van der Waals surface area contributed by atoms with Gasteiger partial charge in [-0.2, -0.15) is 11.8 Å². The molecule has 0 unspecified atom stereocenters. The molecule has 0 aliphatic heterocycles. The summed E-state index contributed by atoms with van der Waals surface area (Å²) in [5.74, 6) is 1.11. The highest BCUT2D eigenvalue weighted by atomic mass is 32.2. The predicted molar refractivity (Wildman–Crippen MR) is 42.5 cm³/mol. The highest BCUT2D eigenvalue weighted by Crippen LogP contribution is 2.06. The quantitative estimate of drug-likeness (QED) is 0.603. The number of rotatable bonds is 2. The molecule has 0 amide bonds. The topological polar surface area (TPSA) is 0 Å². The molecule has 1 aromatic rings. The number of benzene rings is 1. The molecule has 1 heteroatoms. The van der Waals surface area contributed by atoms with Crippen molar-refractivity contribution in [3.8, 4) is 0 Å². The smallest absolute Gasteiger partial charge is 0.0181 e. The monoisotopic (exact) mass is 137 g/mol. The molecule has 0 saturated heterocycles. The summed E-state index contributed by atoms with van der Waals surface area (Å²) in [6.07, 6.45) is 2.11. The maximum absolute atomic E-state index is 2.98. The zero-order chi connectivity index (χ0) is 6.53. The Morgan fingerprint density at radius 1 is 1.44 bits per heavy atom. The van der Waals surface area contributed by atoms with Crippen LogP contribution >= 0.6 is 11.8 Å². The maximum atomic E-state index is 2.98. The van der Waals surface area contributed by atoms with Crippen LogP contribution < -0.4 is 0 Å². The molecule has 0 aliphatic rings. The lowest BCUT2D eigenvalue weighted by Gasteiger charge is -1.93. The van der Waals surface area contributed by atoms with Crippen LogP contribution in [0.5, 0.6) is 0 Å². The van der Waals surface area contributed by atoms with E-state index in [9.17, 15) is 0 Å². The van der Waals surface area contributed by atoms with Crippen molar-refractivity contribution < 1.29 is 0 Å². The van der Waals surface area contributed by atoms with Crippen molar-refractivity contribution in [2.75, 3.05) is 6.26 Å². The van der Waals surface area contributed by atoms with E-state index >= 15 is 0 Å². The number of hydrogen-bond acceptors (Lipinski definition) is 1. The third-order valence-corrected chi connectivity index (χ3v) is 1.72. The molecule has 0 heterocycles. The maximum Gasteiger partial charge on any atom is 0.0181 e. The molecule has 0 spiro atoms. The Morgan fingerprint density at radius 2 is 2.11 bits per heavy atom. The highest BCUT2D eigenvalue weighted by Gasteiger charge is 1.85. The van der Waals surface area contributed by atoms with Crippen LogP contribution in [0.4, 0.5) is 0 Å². The van der Waals surface area contributed by atoms with E-state index in [0.717, 1.165) is 5.75 Å². The molecular weight excluding hydrogens is 128 g/mol. The van der Waals surface area contributed by atoms with Gasteiger partial charge in [0, 0.05) is 5.75 Å². The molecule has 0 aromatic heterocycles. The van der Waals surface area contributed by atoms with Crippen molar-refractivity contribution in [1.82, 2.24) is 0 Å². The second-order valence-corrected chi connectivity index (χ2v) is 2.71. The van der Waals surface area contributed by atoms with Gasteiger partial charge in [0.05, 0.1) is 0 Å². The average molecular weight is 137 g/mol. The molecular formula is C8H9S. The molecule has 0 fully saturated rings. The van der Waals surface area contributed by atoms with E-state index < -0.39 is 0 Å². The summed E-state index contributed by atoms with van der Waals surface area (Å²) in [6.45, 7) is 0. The van der Waals surface area contributed by atoms with E-state index in [1.807, 2.05) is 23.9 Å². The molecule has 47 valence electrons. The van der Waals surface area contributed by atoms with Crippen LogP contribution in [-0.4, -0.2) is 6.26 Å². The molecule has 0 bridgehead atoms. The summed E-state index contributed by atoms with van der Waals surface area (Å²) in [5, 5.41) is 0. The fraction of sp³-hybridized carbons (Fsp3) is 0.250. The molecule has 0 aliphatic carbocycles. The van der Waals surface area contributed by atoms with Crippen molar-refractivity contribution in [3.63, 3.8) is 0 Å². The largest absolute Gasteiger partial charge is 0.161 e. The van der Waals surface area contributed by atoms with E-state index in [1.165, 1.54) is 5.56 Å². The second-order valence-electron chi connectivity index (χ2n) is 1.84. The SMILES string of the molecule is CSCc1cc[c]cc1. The van der Waals surface area contributed by atoms with Crippen LogP contribution in [-0.2, 0) is 5.75 Å².